The Kier molecular flexibility index (Phi) is 17.4. The molecule has 0 bridgehead atoms. The number of carbonyl (C=O) groups excluding carboxylic acids is 1. The summed E-state index contributed by atoms with van der Waals surface area (Å²) in [6, 6.07) is 0. The number of hydrogen-bond donors (Lipinski definition) is 1. The van der Waals surface area contributed by atoms with Gasteiger partial charge in [0.2, 0.25) is 0 Å². The fourth-order valence-electron chi connectivity index (χ4n) is 2.92. The molecule has 3 heteroatoms. The molecule has 140 valence electrons. The number of carboxylic acid groups (broad SMARTS) is 1. The van der Waals surface area contributed by atoms with Crippen molar-refractivity contribution in [3.05, 3.63) is 12.2 Å². The van der Waals surface area contributed by atoms with E-state index in [4.69, 9.17) is 5.11 Å². The molecular formula is C21H38O3. The lowest BCUT2D eigenvalue weighted by Crippen LogP contribution is -1.95. The van der Waals surface area contributed by atoms with Crippen LogP contribution in [0.15, 0.2) is 12.2 Å². The van der Waals surface area contributed by atoms with Crippen molar-refractivity contribution in [2.45, 2.75) is 110 Å². The summed E-state index contributed by atoms with van der Waals surface area (Å²) in [6.07, 6.45) is 22.2. The van der Waals surface area contributed by atoms with Gasteiger partial charge < -0.3 is 5.11 Å². The van der Waals surface area contributed by atoms with Crippen LogP contribution in [0.2, 0.25) is 0 Å². The van der Waals surface area contributed by atoms with Gasteiger partial charge in [0.1, 0.15) is 0 Å². The van der Waals surface area contributed by atoms with Crippen LogP contribution in [0, 0.1) is 0 Å². The molecular weight excluding hydrogens is 300 g/mol. The van der Waals surface area contributed by atoms with Gasteiger partial charge in [-0.3, -0.25) is 4.79 Å². The number of rotatable bonds is 18. The zero-order valence-electron chi connectivity index (χ0n) is 15.7. The normalized spacial score (nSPS) is 11.2. The Labute approximate surface area is 148 Å². The summed E-state index contributed by atoms with van der Waals surface area (Å²) < 4.78 is 0. The van der Waals surface area contributed by atoms with E-state index in [0.29, 0.717) is 6.42 Å². The van der Waals surface area contributed by atoms with Crippen LogP contribution in [0.3, 0.4) is 0 Å². The molecule has 0 radical (unpaired) electrons. The Morgan fingerprint density at radius 3 is 1.38 bits per heavy atom. The largest absolute Gasteiger partial charge is 0.478 e. The van der Waals surface area contributed by atoms with E-state index >= 15 is 0 Å². The van der Waals surface area contributed by atoms with Gasteiger partial charge in [0.15, 0.2) is 5.78 Å². The van der Waals surface area contributed by atoms with Crippen LogP contribution in [0.4, 0.5) is 0 Å². The van der Waals surface area contributed by atoms with E-state index in [9.17, 15) is 9.59 Å². The highest BCUT2D eigenvalue weighted by Gasteiger charge is 1.98. The maximum atomic E-state index is 11.3. The molecule has 0 amide bonds. The van der Waals surface area contributed by atoms with Gasteiger partial charge in [-0.1, -0.05) is 96.8 Å². The highest BCUT2D eigenvalue weighted by Crippen LogP contribution is 2.13. The Morgan fingerprint density at radius 1 is 0.625 bits per heavy atom. The molecule has 0 aliphatic heterocycles. The quantitative estimate of drug-likeness (QED) is 0.230. The van der Waals surface area contributed by atoms with Crippen LogP contribution in [0.25, 0.3) is 0 Å². The lowest BCUT2D eigenvalue weighted by molar-refractivity contribution is -0.131. The van der Waals surface area contributed by atoms with Gasteiger partial charge in [-0.25, -0.2) is 4.79 Å². The number of allylic oxidation sites excluding steroid dienone is 1. The fourth-order valence-corrected chi connectivity index (χ4v) is 2.92. The SMILES string of the molecule is CCCCCCCCCCCCCCCCCC(=O)C=CC(=O)O. The van der Waals surface area contributed by atoms with E-state index in [1.165, 1.54) is 89.5 Å². The average molecular weight is 339 g/mol. The minimum absolute atomic E-state index is 0.0768. The first-order valence-electron chi connectivity index (χ1n) is 10.1. The van der Waals surface area contributed by atoms with Crippen LogP contribution in [0.5, 0.6) is 0 Å². The predicted molar refractivity (Wildman–Crippen MR) is 101 cm³/mol. The Balaban J connectivity index is 3.15. The first-order valence-corrected chi connectivity index (χ1v) is 10.1. The highest BCUT2D eigenvalue weighted by molar-refractivity contribution is 5.95. The van der Waals surface area contributed by atoms with Gasteiger partial charge in [0.25, 0.3) is 0 Å². The topological polar surface area (TPSA) is 54.4 Å². The number of carbonyl (C=O) groups is 2. The van der Waals surface area contributed by atoms with E-state index in [-0.39, 0.29) is 5.78 Å². The molecule has 0 fully saturated rings. The van der Waals surface area contributed by atoms with Crippen molar-refractivity contribution < 1.29 is 14.7 Å². The summed E-state index contributed by atoms with van der Waals surface area (Å²) >= 11 is 0. The van der Waals surface area contributed by atoms with Crippen LogP contribution in [-0.2, 0) is 9.59 Å². The van der Waals surface area contributed by atoms with Crippen LogP contribution in [-0.4, -0.2) is 16.9 Å². The third-order valence-corrected chi connectivity index (χ3v) is 4.44. The monoisotopic (exact) mass is 338 g/mol. The van der Waals surface area contributed by atoms with Gasteiger partial charge in [0, 0.05) is 12.5 Å². The van der Waals surface area contributed by atoms with E-state index in [1.807, 2.05) is 0 Å². The van der Waals surface area contributed by atoms with Crippen molar-refractivity contribution >= 4 is 11.8 Å². The first-order chi connectivity index (χ1) is 11.7. The summed E-state index contributed by atoms with van der Waals surface area (Å²) in [7, 11) is 0. The minimum atomic E-state index is -1.06. The molecule has 0 aromatic carbocycles. The zero-order chi connectivity index (χ0) is 17.9. The molecule has 24 heavy (non-hydrogen) atoms. The van der Waals surface area contributed by atoms with E-state index < -0.39 is 5.97 Å². The van der Waals surface area contributed by atoms with Crippen molar-refractivity contribution in [1.82, 2.24) is 0 Å². The molecule has 0 aliphatic carbocycles. The first kappa shape index (κ1) is 22.9. The maximum absolute atomic E-state index is 11.3. The summed E-state index contributed by atoms with van der Waals surface area (Å²) in [5.41, 5.74) is 0. The van der Waals surface area contributed by atoms with Crippen molar-refractivity contribution in [3.8, 4) is 0 Å². The molecule has 0 unspecified atom stereocenters. The van der Waals surface area contributed by atoms with Crippen molar-refractivity contribution in [3.63, 3.8) is 0 Å². The van der Waals surface area contributed by atoms with Gasteiger partial charge in [0.05, 0.1) is 0 Å². The number of carboxylic acids is 1. The summed E-state index contributed by atoms with van der Waals surface area (Å²) in [4.78, 5) is 21.6. The third kappa shape index (κ3) is 18.9. The summed E-state index contributed by atoms with van der Waals surface area (Å²) in [6.45, 7) is 2.26. The molecule has 1 N–H and O–H groups in total. The van der Waals surface area contributed by atoms with Gasteiger partial charge >= 0.3 is 5.97 Å². The van der Waals surface area contributed by atoms with Crippen LogP contribution in [0.1, 0.15) is 110 Å². The number of ketones is 1. The predicted octanol–water partition coefficient (Wildman–Crippen LogP) is 6.46. The van der Waals surface area contributed by atoms with Gasteiger partial charge in [-0.15, -0.1) is 0 Å². The minimum Gasteiger partial charge on any atom is -0.478 e. The van der Waals surface area contributed by atoms with Gasteiger partial charge in [-0.2, -0.15) is 0 Å². The van der Waals surface area contributed by atoms with E-state index in [1.54, 1.807) is 0 Å². The zero-order valence-corrected chi connectivity index (χ0v) is 15.7. The number of hydrogen-bond acceptors (Lipinski definition) is 2. The Bertz CT molecular complexity index is 334. The second-order valence-corrected chi connectivity index (χ2v) is 6.84. The van der Waals surface area contributed by atoms with Crippen molar-refractivity contribution in [2.24, 2.45) is 0 Å². The lowest BCUT2D eigenvalue weighted by Gasteiger charge is -2.03. The molecule has 0 aromatic heterocycles. The number of aliphatic carboxylic acids is 1. The Hall–Kier alpha value is -1.12. The summed E-state index contributed by atoms with van der Waals surface area (Å²) in [5, 5.41) is 8.43. The molecule has 0 saturated carbocycles. The van der Waals surface area contributed by atoms with E-state index in [2.05, 4.69) is 6.92 Å². The smallest absolute Gasteiger partial charge is 0.328 e. The fraction of sp³-hybridized carbons (Fsp3) is 0.810. The lowest BCUT2D eigenvalue weighted by atomic mass is 10.0. The second-order valence-electron chi connectivity index (χ2n) is 6.84. The Morgan fingerprint density at radius 2 is 1.00 bits per heavy atom. The standard InChI is InChI=1S/C21H38O3/c1-2-3-4-5-6-7-8-9-10-11-12-13-14-15-16-17-20(22)18-19-21(23)24/h18-19H,2-17H2,1H3,(H,23,24). The van der Waals surface area contributed by atoms with Crippen molar-refractivity contribution in [2.75, 3.05) is 0 Å². The van der Waals surface area contributed by atoms with Crippen molar-refractivity contribution in [1.29, 1.82) is 0 Å². The maximum Gasteiger partial charge on any atom is 0.328 e. The average Bonchev–Trinajstić information content (AvgIpc) is 2.56. The third-order valence-electron chi connectivity index (χ3n) is 4.44. The van der Waals surface area contributed by atoms with Crippen LogP contribution >= 0.6 is 0 Å². The molecule has 0 saturated heterocycles. The molecule has 0 rings (SSSR count). The molecule has 0 spiro atoms. The highest BCUT2D eigenvalue weighted by atomic mass is 16.4. The summed E-state index contributed by atoms with van der Waals surface area (Å²) in [5.74, 6) is -1.13. The van der Waals surface area contributed by atoms with Crippen LogP contribution < -0.4 is 0 Å². The molecule has 0 aromatic rings. The molecule has 3 nitrogen and oxygen atoms in total. The van der Waals surface area contributed by atoms with E-state index in [0.717, 1.165) is 18.9 Å². The molecule has 0 aliphatic rings. The molecule has 0 heterocycles. The molecule has 0 atom stereocenters. The number of unbranched alkanes of at least 4 members (excludes halogenated alkanes) is 14. The second kappa shape index (κ2) is 18.2. The van der Waals surface area contributed by atoms with Gasteiger partial charge in [-0.05, 0) is 12.5 Å².